The number of hydrogen-bond acceptors (Lipinski definition) is 4. The highest BCUT2D eigenvalue weighted by Gasteiger charge is 2.41. The van der Waals surface area contributed by atoms with Crippen molar-refractivity contribution in [3.8, 4) is 5.75 Å². The number of rotatable bonds is 5. The molecule has 0 radical (unpaired) electrons. The molecule has 1 N–H and O–H groups in total. The molecule has 1 saturated carbocycles. The molecular formula is C16H15ClF3N3O. The lowest BCUT2D eigenvalue weighted by molar-refractivity contribution is -0.137. The largest absolute Gasteiger partial charge is 0.496 e. The van der Waals surface area contributed by atoms with Crippen LogP contribution in [0.4, 0.5) is 18.9 Å². The van der Waals surface area contributed by atoms with Gasteiger partial charge in [-0.05, 0) is 29.9 Å². The molecule has 1 aliphatic rings. The summed E-state index contributed by atoms with van der Waals surface area (Å²) in [6, 6.07) is 7.68. The van der Waals surface area contributed by atoms with Gasteiger partial charge in [0.1, 0.15) is 11.3 Å². The Bertz CT molecular complexity index is 739. The molecule has 3 rings (SSSR count). The smallest absolute Gasteiger partial charge is 0.421 e. The van der Waals surface area contributed by atoms with E-state index < -0.39 is 16.9 Å². The highest BCUT2D eigenvalue weighted by atomic mass is 35.5. The molecule has 1 aromatic carbocycles. The van der Waals surface area contributed by atoms with Crippen molar-refractivity contribution < 1.29 is 17.9 Å². The number of para-hydroxylation sites is 1. The van der Waals surface area contributed by atoms with Gasteiger partial charge in [0.2, 0.25) is 0 Å². The van der Waals surface area contributed by atoms with Crippen molar-refractivity contribution in [2.75, 3.05) is 19.0 Å². The normalized spacial score (nSPS) is 19.9. The molecule has 24 heavy (non-hydrogen) atoms. The summed E-state index contributed by atoms with van der Waals surface area (Å²) in [7, 11) is 1.61. The Balaban J connectivity index is 1.70. The van der Waals surface area contributed by atoms with Crippen molar-refractivity contribution >= 4 is 17.3 Å². The van der Waals surface area contributed by atoms with Gasteiger partial charge in [-0.1, -0.05) is 29.8 Å². The first-order chi connectivity index (χ1) is 11.4. The lowest BCUT2D eigenvalue weighted by Gasteiger charge is -2.14. The predicted octanol–water partition coefficient (Wildman–Crippen LogP) is 4.37. The molecule has 2 atom stereocenters. The third-order valence-corrected chi connectivity index (χ3v) is 4.37. The maximum absolute atomic E-state index is 13.1. The molecule has 1 aromatic heterocycles. The summed E-state index contributed by atoms with van der Waals surface area (Å²) >= 11 is 5.56. The molecule has 1 aliphatic carbocycles. The minimum absolute atomic E-state index is 0.145. The fraction of sp³-hybridized carbons (Fsp3) is 0.375. The van der Waals surface area contributed by atoms with E-state index in [0.717, 1.165) is 23.9 Å². The number of hydrogen-bond donors (Lipinski definition) is 1. The number of nitrogens with zero attached hydrogens (tertiary/aromatic N) is 2. The van der Waals surface area contributed by atoms with E-state index in [4.69, 9.17) is 16.3 Å². The summed E-state index contributed by atoms with van der Waals surface area (Å²) in [6.07, 6.45) is -2.64. The maximum atomic E-state index is 13.1. The van der Waals surface area contributed by atoms with Crippen molar-refractivity contribution in [3.63, 3.8) is 0 Å². The second-order valence-electron chi connectivity index (χ2n) is 5.65. The number of methoxy groups -OCH3 is 1. The summed E-state index contributed by atoms with van der Waals surface area (Å²) in [5.74, 6) is 1.30. The van der Waals surface area contributed by atoms with Gasteiger partial charge in [0.25, 0.3) is 0 Å². The Morgan fingerprint density at radius 2 is 2.08 bits per heavy atom. The average Bonchev–Trinajstić information content (AvgIpc) is 3.31. The van der Waals surface area contributed by atoms with Gasteiger partial charge in [-0.25, -0.2) is 0 Å². The van der Waals surface area contributed by atoms with Gasteiger partial charge in [-0.15, -0.1) is 5.10 Å². The van der Waals surface area contributed by atoms with Crippen LogP contribution in [0.25, 0.3) is 0 Å². The molecule has 0 aliphatic heterocycles. The fourth-order valence-corrected chi connectivity index (χ4v) is 3.09. The summed E-state index contributed by atoms with van der Waals surface area (Å²) < 4.78 is 44.6. The Morgan fingerprint density at radius 1 is 1.33 bits per heavy atom. The molecular weight excluding hydrogens is 343 g/mol. The van der Waals surface area contributed by atoms with Crippen molar-refractivity contribution in [2.24, 2.45) is 5.92 Å². The number of aromatic nitrogens is 2. The monoisotopic (exact) mass is 357 g/mol. The number of anilines is 1. The van der Waals surface area contributed by atoms with Gasteiger partial charge in [-0.2, -0.15) is 18.3 Å². The SMILES string of the molecule is COc1ccccc1[C@@H]1C[C@H]1CNc1cnnc(Cl)c1C(F)(F)F. The van der Waals surface area contributed by atoms with Crippen LogP contribution in [-0.2, 0) is 6.18 Å². The first-order valence-electron chi connectivity index (χ1n) is 7.37. The van der Waals surface area contributed by atoms with E-state index in [1.165, 1.54) is 0 Å². The van der Waals surface area contributed by atoms with Gasteiger partial charge < -0.3 is 10.1 Å². The quantitative estimate of drug-likeness (QED) is 0.863. The average molecular weight is 358 g/mol. The van der Waals surface area contributed by atoms with Crippen molar-refractivity contribution in [1.29, 1.82) is 0 Å². The summed E-state index contributed by atoms with van der Waals surface area (Å²) in [5.41, 5.74) is -0.0458. The lowest BCUT2D eigenvalue weighted by Crippen LogP contribution is -2.15. The summed E-state index contributed by atoms with van der Waals surface area (Å²) in [4.78, 5) is 0. The van der Waals surface area contributed by atoms with E-state index in [2.05, 4.69) is 15.5 Å². The van der Waals surface area contributed by atoms with Crippen LogP contribution < -0.4 is 10.1 Å². The van der Waals surface area contributed by atoms with Crippen LogP contribution in [0.5, 0.6) is 5.75 Å². The first-order valence-corrected chi connectivity index (χ1v) is 7.74. The zero-order valence-corrected chi connectivity index (χ0v) is 13.5. The van der Waals surface area contributed by atoms with Crippen LogP contribution in [0.1, 0.15) is 23.5 Å². The minimum Gasteiger partial charge on any atom is -0.496 e. The third kappa shape index (κ3) is 3.40. The molecule has 2 aromatic rings. The highest BCUT2D eigenvalue weighted by molar-refractivity contribution is 6.30. The minimum atomic E-state index is -4.58. The van der Waals surface area contributed by atoms with Crippen molar-refractivity contribution in [3.05, 3.63) is 46.7 Å². The van der Waals surface area contributed by atoms with Crippen LogP contribution in [0.15, 0.2) is 30.5 Å². The molecule has 0 spiro atoms. The third-order valence-electron chi connectivity index (χ3n) is 4.11. The van der Waals surface area contributed by atoms with Crippen LogP contribution in [0.3, 0.4) is 0 Å². The Kier molecular flexibility index (Phi) is 4.54. The van der Waals surface area contributed by atoms with E-state index in [1.54, 1.807) is 7.11 Å². The topological polar surface area (TPSA) is 47.0 Å². The second-order valence-corrected chi connectivity index (χ2v) is 6.00. The van der Waals surface area contributed by atoms with Gasteiger partial charge >= 0.3 is 6.18 Å². The number of ether oxygens (including phenoxy) is 1. The Morgan fingerprint density at radius 3 is 2.79 bits per heavy atom. The fourth-order valence-electron chi connectivity index (χ4n) is 2.83. The highest BCUT2D eigenvalue weighted by Crippen LogP contribution is 2.50. The standard InChI is InChI=1S/C16H15ClF3N3O/c1-24-13-5-3-2-4-10(13)11-6-9(11)7-21-12-8-22-23-15(17)14(12)16(18,19)20/h2-5,8-9,11H,6-7H2,1H3,(H,21,23)/t9-,11+/m0/s1. The molecule has 0 unspecified atom stereocenters. The molecule has 0 bridgehead atoms. The van der Waals surface area contributed by atoms with Crippen molar-refractivity contribution in [2.45, 2.75) is 18.5 Å². The second kappa shape index (κ2) is 6.47. The molecule has 0 saturated heterocycles. The summed E-state index contributed by atoms with van der Waals surface area (Å²) in [5, 5.41) is 8.93. The van der Waals surface area contributed by atoms with E-state index in [9.17, 15) is 13.2 Å². The van der Waals surface area contributed by atoms with E-state index in [1.807, 2.05) is 24.3 Å². The molecule has 8 heteroatoms. The van der Waals surface area contributed by atoms with Crippen molar-refractivity contribution in [1.82, 2.24) is 10.2 Å². The Labute approximate surface area is 142 Å². The van der Waals surface area contributed by atoms with Crippen LogP contribution in [-0.4, -0.2) is 23.9 Å². The Hall–Kier alpha value is -2.02. The number of nitrogens with one attached hydrogen (secondary N) is 1. The van der Waals surface area contributed by atoms with Gasteiger partial charge in [0.05, 0.1) is 19.0 Å². The first kappa shape index (κ1) is 16.8. The van der Waals surface area contributed by atoms with Gasteiger partial charge in [-0.3, -0.25) is 0 Å². The van der Waals surface area contributed by atoms with E-state index >= 15 is 0 Å². The van der Waals surface area contributed by atoms with Crippen LogP contribution >= 0.6 is 11.6 Å². The maximum Gasteiger partial charge on any atom is 0.421 e. The summed E-state index contributed by atoms with van der Waals surface area (Å²) in [6.45, 7) is 0.397. The van der Waals surface area contributed by atoms with Gasteiger partial charge in [0.15, 0.2) is 5.15 Å². The molecule has 128 valence electrons. The zero-order valence-electron chi connectivity index (χ0n) is 12.8. The molecule has 4 nitrogen and oxygen atoms in total. The molecule has 0 amide bonds. The lowest BCUT2D eigenvalue weighted by atomic mass is 10.1. The zero-order chi connectivity index (χ0) is 17.3. The number of halogens is 4. The number of alkyl halides is 3. The molecule has 1 heterocycles. The van der Waals surface area contributed by atoms with Gasteiger partial charge in [0, 0.05) is 6.54 Å². The van der Waals surface area contributed by atoms with Crippen LogP contribution in [0, 0.1) is 5.92 Å². The number of benzene rings is 1. The predicted molar refractivity (Wildman–Crippen MR) is 84.4 cm³/mol. The molecule has 1 fully saturated rings. The van der Waals surface area contributed by atoms with Crippen LogP contribution in [0.2, 0.25) is 5.15 Å². The van der Waals surface area contributed by atoms with E-state index in [-0.39, 0.29) is 17.5 Å². The van der Waals surface area contributed by atoms with E-state index in [0.29, 0.717) is 6.54 Å².